The molecule has 5 heteroatoms. The molecule has 1 saturated heterocycles. The molecule has 0 aromatic carbocycles. The van der Waals surface area contributed by atoms with Crippen molar-refractivity contribution in [2.45, 2.75) is 12.1 Å². The van der Waals surface area contributed by atoms with Crippen molar-refractivity contribution < 1.29 is 9.84 Å². The first-order valence-electron chi connectivity index (χ1n) is 5.55. The third kappa shape index (κ3) is 1.83. The van der Waals surface area contributed by atoms with E-state index in [1.54, 1.807) is 18.6 Å². The largest absolute Gasteiger partial charge is 0.388 e. The van der Waals surface area contributed by atoms with E-state index in [9.17, 15) is 5.11 Å². The highest BCUT2D eigenvalue weighted by molar-refractivity contribution is 5.53. The number of pyridine rings is 1. The summed E-state index contributed by atoms with van der Waals surface area (Å²) < 4.78 is 7.22. The van der Waals surface area contributed by atoms with Gasteiger partial charge in [-0.25, -0.2) is 4.98 Å². The van der Waals surface area contributed by atoms with Crippen LogP contribution in [0.1, 0.15) is 6.04 Å². The van der Waals surface area contributed by atoms with Gasteiger partial charge in [0.05, 0.1) is 19.3 Å². The minimum atomic E-state index is -0.473. The molecule has 0 saturated carbocycles. The second-order valence-corrected chi connectivity index (χ2v) is 4.07. The molecule has 0 amide bonds. The predicted molar refractivity (Wildman–Crippen MR) is 61.3 cm³/mol. The van der Waals surface area contributed by atoms with Gasteiger partial charge in [-0.3, -0.25) is 4.98 Å². The Hall–Kier alpha value is -1.72. The highest BCUT2D eigenvalue weighted by Crippen LogP contribution is 2.25. The van der Waals surface area contributed by atoms with Crippen LogP contribution in [0, 0.1) is 0 Å². The topological polar surface area (TPSA) is 60.2 Å². The van der Waals surface area contributed by atoms with Crippen molar-refractivity contribution in [1.82, 2.24) is 14.5 Å². The van der Waals surface area contributed by atoms with Crippen LogP contribution in [0.3, 0.4) is 0 Å². The third-order valence-corrected chi connectivity index (χ3v) is 2.97. The number of aliphatic hydroxyl groups is 1. The monoisotopic (exact) mass is 231 g/mol. The van der Waals surface area contributed by atoms with Gasteiger partial charge in [0.1, 0.15) is 11.9 Å². The standard InChI is InChI=1S/C12H13N3O2/c16-11-8-17-7-10(11)15-5-4-14-12(15)9-2-1-3-13-6-9/h1-6,10-11,16H,7-8H2/t10-,11+/m0/s1. The first-order valence-corrected chi connectivity index (χ1v) is 5.55. The molecule has 0 aliphatic carbocycles. The van der Waals surface area contributed by atoms with Gasteiger partial charge in [-0.2, -0.15) is 0 Å². The van der Waals surface area contributed by atoms with Crippen LogP contribution in [-0.2, 0) is 4.74 Å². The lowest BCUT2D eigenvalue weighted by Crippen LogP contribution is -2.22. The minimum Gasteiger partial charge on any atom is -0.388 e. The molecule has 0 unspecified atom stereocenters. The summed E-state index contributed by atoms with van der Waals surface area (Å²) in [5, 5.41) is 9.84. The summed E-state index contributed by atoms with van der Waals surface area (Å²) in [6.07, 6.45) is 6.61. The molecule has 0 spiro atoms. The summed E-state index contributed by atoms with van der Waals surface area (Å²) in [7, 11) is 0. The number of ether oxygens (including phenoxy) is 1. The molecule has 88 valence electrons. The number of aliphatic hydroxyl groups excluding tert-OH is 1. The first-order chi connectivity index (χ1) is 8.36. The lowest BCUT2D eigenvalue weighted by molar-refractivity contribution is 0.119. The van der Waals surface area contributed by atoms with Crippen LogP contribution in [0.15, 0.2) is 36.9 Å². The van der Waals surface area contributed by atoms with Gasteiger partial charge in [0.2, 0.25) is 0 Å². The van der Waals surface area contributed by atoms with Crippen molar-refractivity contribution in [1.29, 1.82) is 0 Å². The fourth-order valence-corrected chi connectivity index (χ4v) is 2.10. The maximum absolute atomic E-state index is 9.84. The fourth-order valence-electron chi connectivity index (χ4n) is 2.10. The van der Waals surface area contributed by atoms with Gasteiger partial charge in [0.25, 0.3) is 0 Å². The van der Waals surface area contributed by atoms with Crippen LogP contribution in [0.25, 0.3) is 11.4 Å². The van der Waals surface area contributed by atoms with Gasteiger partial charge in [-0.05, 0) is 12.1 Å². The Morgan fingerprint density at radius 1 is 1.35 bits per heavy atom. The van der Waals surface area contributed by atoms with Crippen LogP contribution in [0.2, 0.25) is 0 Å². The summed E-state index contributed by atoms with van der Waals surface area (Å²) in [5.74, 6) is 0.813. The molecule has 0 bridgehead atoms. The average Bonchev–Trinajstić information content (AvgIpc) is 2.98. The molecule has 3 heterocycles. The Morgan fingerprint density at radius 2 is 2.29 bits per heavy atom. The SMILES string of the molecule is O[C@@H]1COC[C@@H]1n1ccnc1-c1cccnc1. The number of hydrogen-bond acceptors (Lipinski definition) is 4. The van der Waals surface area contributed by atoms with E-state index in [-0.39, 0.29) is 6.04 Å². The maximum Gasteiger partial charge on any atom is 0.141 e. The molecule has 1 aliphatic rings. The molecule has 2 atom stereocenters. The molecule has 1 fully saturated rings. The van der Waals surface area contributed by atoms with Crippen molar-refractivity contribution in [3.05, 3.63) is 36.9 Å². The zero-order chi connectivity index (χ0) is 11.7. The van der Waals surface area contributed by atoms with E-state index < -0.39 is 6.10 Å². The van der Waals surface area contributed by atoms with Crippen LogP contribution >= 0.6 is 0 Å². The average molecular weight is 231 g/mol. The van der Waals surface area contributed by atoms with Crippen LogP contribution < -0.4 is 0 Å². The summed E-state index contributed by atoms with van der Waals surface area (Å²) in [6, 6.07) is 3.76. The van der Waals surface area contributed by atoms with E-state index in [2.05, 4.69) is 9.97 Å². The molecule has 1 N–H and O–H groups in total. The molecule has 5 nitrogen and oxygen atoms in total. The summed E-state index contributed by atoms with van der Waals surface area (Å²) >= 11 is 0. The van der Waals surface area contributed by atoms with E-state index in [1.807, 2.05) is 22.9 Å². The number of imidazole rings is 1. The molecule has 2 aromatic heterocycles. The van der Waals surface area contributed by atoms with Gasteiger partial charge in [-0.15, -0.1) is 0 Å². The van der Waals surface area contributed by atoms with E-state index >= 15 is 0 Å². The Morgan fingerprint density at radius 3 is 3.00 bits per heavy atom. The Balaban J connectivity index is 2.00. The first kappa shape index (κ1) is 10.4. The zero-order valence-corrected chi connectivity index (χ0v) is 9.23. The van der Waals surface area contributed by atoms with E-state index in [0.717, 1.165) is 11.4 Å². The van der Waals surface area contributed by atoms with Gasteiger partial charge in [-0.1, -0.05) is 0 Å². The smallest absolute Gasteiger partial charge is 0.141 e. The van der Waals surface area contributed by atoms with Gasteiger partial charge >= 0.3 is 0 Å². The molecule has 0 radical (unpaired) electrons. The van der Waals surface area contributed by atoms with E-state index in [4.69, 9.17) is 4.74 Å². The number of hydrogen-bond donors (Lipinski definition) is 1. The summed E-state index contributed by atoms with van der Waals surface area (Å²) in [6.45, 7) is 0.903. The minimum absolute atomic E-state index is 0.0623. The van der Waals surface area contributed by atoms with Crippen molar-refractivity contribution in [3.8, 4) is 11.4 Å². The molecule has 2 aromatic rings. The molecular weight excluding hydrogens is 218 g/mol. The van der Waals surface area contributed by atoms with E-state index in [0.29, 0.717) is 13.2 Å². The van der Waals surface area contributed by atoms with Crippen molar-refractivity contribution in [3.63, 3.8) is 0 Å². The summed E-state index contributed by atoms with van der Waals surface area (Å²) in [5.41, 5.74) is 0.941. The van der Waals surface area contributed by atoms with Crippen molar-refractivity contribution >= 4 is 0 Å². The van der Waals surface area contributed by atoms with Gasteiger partial charge in [0.15, 0.2) is 0 Å². The molecule has 3 rings (SSSR count). The quantitative estimate of drug-likeness (QED) is 0.833. The van der Waals surface area contributed by atoms with Crippen LogP contribution in [0.5, 0.6) is 0 Å². The lowest BCUT2D eigenvalue weighted by Gasteiger charge is -2.16. The van der Waals surface area contributed by atoms with Crippen molar-refractivity contribution in [2.24, 2.45) is 0 Å². The Kier molecular flexibility index (Phi) is 2.62. The summed E-state index contributed by atoms with van der Waals surface area (Å²) in [4.78, 5) is 8.40. The lowest BCUT2D eigenvalue weighted by atomic mass is 10.2. The molecule has 17 heavy (non-hydrogen) atoms. The number of nitrogens with zero attached hydrogens (tertiary/aromatic N) is 3. The van der Waals surface area contributed by atoms with Gasteiger partial charge in [0, 0.05) is 30.4 Å². The normalized spacial score (nSPS) is 24.1. The van der Waals surface area contributed by atoms with Crippen LogP contribution in [-0.4, -0.2) is 39.0 Å². The highest BCUT2D eigenvalue weighted by Gasteiger charge is 2.29. The Bertz CT molecular complexity index is 497. The van der Waals surface area contributed by atoms with E-state index in [1.165, 1.54) is 0 Å². The number of aromatic nitrogens is 3. The molecular formula is C12H13N3O2. The van der Waals surface area contributed by atoms with Crippen molar-refractivity contribution in [2.75, 3.05) is 13.2 Å². The third-order valence-electron chi connectivity index (χ3n) is 2.97. The van der Waals surface area contributed by atoms with Gasteiger partial charge < -0.3 is 14.4 Å². The fraction of sp³-hybridized carbons (Fsp3) is 0.333. The number of rotatable bonds is 2. The molecule has 1 aliphatic heterocycles. The zero-order valence-electron chi connectivity index (χ0n) is 9.23. The predicted octanol–water partition coefficient (Wildman–Crippen LogP) is 0.877. The van der Waals surface area contributed by atoms with Crippen LogP contribution in [0.4, 0.5) is 0 Å². The second-order valence-electron chi connectivity index (χ2n) is 4.07. The Labute approximate surface area is 98.7 Å². The highest BCUT2D eigenvalue weighted by atomic mass is 16.5. The maximum atomic E-state index is 9.84. The second kappa shape index (κ2) is 4.27.